The van der Waals surface area contributed by atoms with Crippen molar-refractivity contribution in [1.29, 1.82) is 0 Å². The fourth-order valence-electron chi connectivity index (χ4n) is 4.91. The fraction of sp³-hybridized carbons (Fsp3) is 0.542. The summed E-state index contributed by atoms with van der Waals surface area (Å²) in [6, 6.07) is 8.23. The highest BCUT2D eigenvalue weighted by Gasteiger charge is 2.32. The third kappa shape index (κ3) is 5.01. The zero-order valence-electron chi connectivity index (χ0n) is 18.6. The molecule has 2 aromatic heterocycles. The zero-order valence-corrected chi connectivity index (χ0v) is 18.6. The average molecular weight is 442 g/mol. The van der Waals surface area contributed by atoms with Crippen LogP contribution < -0.4 is 15.8 Å². The van der Waals surface area contributed by atoms with E-state index in [1.54, 1.807) is 12.3 Å². The quantitative estimate of drug-likeness (QED) is 0.690. The van der Waals surface area contributed by atoms with E-state index in [0.29, 0.717) is 17.7 Å². The van der Waals surface area contributed by atoms with Gasteiger partial charge in [-0.2, -0.15) is 0 Å². The zero-order chi connectivity index (χ0) is 22.5. The van der Waals surface area contributed by atoms with E-state index in [4.69, 9.17) is 0 Å². The number of carbonyl (C=O) groups excluding carboxylic acids is 1. The Balaban J connectivity index is 1.29. The van der Waals surface area contributed by atoms with E-state index in [-0.39, 0.29) is 18.0 Å². The molecule has 7 nitrogen and oxygen atoms in total. The first-order valence-electron chi connectivity index (χ1n) is 11.6. The second-order valence-corrected chi connectivity index (χ2v) is 8.65. The fourth-order valence-corrected chi connectivity index (χ4v) is 4.91. The third-order valence-corrected chi connectivity index (χ3v) is 6.80. The normalized spacial score (nSPS) is 21.6. The molecule has 1 aliphatic heterocycles. The maximum atomic E-state index is 12.2. The van der Waals surface area contributed by atoms with Crippen molar-refractivity contribution in [2.75, 3.05) is 44.3 Å². The number of hydrogen-bond acceptors (Lipinski definition) is 5. The van der Waals surface area contributed by atoms with Crippen LogP contribution in [0.25, 0.3) is 0 Å². The summed E-state index contributed by atoms with van der Waals surface area (Å²) in [7, 11) is 0. The number of alkyl halides is 1. The highest BCUT2D eigenvalue weighted by molar-refractivity contribution is 5.92. The number of hydrogen-bond donors (Lipinski definition) is 2. The summed E-state index contributed by atoms with van der Waals surface area (Å²) >= 11 is 0. The van der Waals surface area contributed by atoms with Crippen molar-refractivity contribution >= 4 is 11.6 Å². The largest absolute Gasteiger partial charge is 0.368 e. The van der Waals surface area contributed by atoms with Gasteiger partial charge in [0.1, 0.15) is 12.4 Å². The van der Waals surface area contributed by atoms with Crippen LogP contribution in [0.2, 0.25) is 0 Å². The van der Waals surface area contributed by atoms with Crippen molar-refractivity contribution in [3.8, 4) is 0 Å². The predicted molar refractivity (Wildman–Crippen MR) is 123 cm³/mol. The minimum atomic E-state index is -0.584. The molecule has 0 spiro atoms. The van der Waals surface area contributed by atoms with Gasteiger partial charge in [0, 0.05) is 55.9 Å². The summed E-state index contributed by atoms with van der Waals surface area (Å²) in [6.07, 6.45) is 5.85. The van der Waals surface area contributed by atoms with Gasteiger partial charge in [0.2, 0.25) is 0 Å². The molecule has 1 saturated carbocycles. The number of halogens is 1. The van der Waals surface area contributed by atoms with E-state index in [0.717, 1.165) is 68.8 Å². The van der Waals surface area contributed by atoms with E-state index in [2.05, 4.69) is 31.2 Å². The van der Waals surface area contributed by atoms with E-state index in [1.165, 1.54) is 0 Å². The van der Waals surface area contributed by atoms with Gasteiger partial charge in [-0.15, -0.1) is 0 Å². The van der Waals surface area contributed by atoms with Crippen LogP contribution in [0.5, 0.6) is 0 Å². The maximum absolute atomic E-state index is 12.2. The first-order chi connectivity index (χ1) is 15.6. The topological polar surface area (TPSA) is 81.3 Å². The molecular weight excluding hydrogens is 409 g/mol. The van der Waals surface area contributed by atoms with Crippen LogP contribution in [0, 0.1) is 0 Å². The van der Waals surface area contributed by atoms with Gasteiger partial charge >= 0.3 is 0 Å². The molecule has 172 valence electrons. The van der Waals surface area contributed by atoms with E-state index < -0.39 is 6.67 Å². The van der Waals surface area contributed by atoms with Crippen molar-refractivity contribution in [3.05, 3.63) is 57.8 Å². The molecule has 1 saturated heterocycles. The molecule has 2 aliphatic rings. The number of aryl methyl sites for hydroxylation is 1. The number of rotatable bonds is 7. The number of aromatic nitrogens is 2. The van der Waals surface area contributed by atoms with Gasteiger partial charge in [0.15, 0.2) is 0 Å². The molecule has 0 bridgehead atoms. The first kappa shape index (κ1) is 22.5. The Labute approximate surface area is 188 Å². The molecule has 0 unspecified atom stereocenters. The number of H-pyrrole nitrogens is 1. The number of aromatic amines is 1. The minimum absolute atomic E-state index is 0.00633. The van der Waals surface area contributed by atoms with Gasteiger partial charge in [-0.1, -0.05) is 13.0 Å². The summed E-state index contributed by atoms with van der Waals surface area (Å²) in [5.41, 5.74) is 3.30. The van der Waals surface area contributed by atoms with Crippen molar-refractivity contribution in [3.63, 3.8) is 0 Å². The van der Waals surface area contributed by atoms with Crippen molar-refractivity contribution in [2.45, 2.75) is 44.6 Å². The first-order valence-corrected chi connectivity index (χ1v) is 11.6. The number of piperazine rings is 1. The van der Waals surface area contributed by atoms with Gasteiger partial charge in [0.25, 0.3) is 11.5 Å². The molecule has 1 amide bonds. The lowest BCUT2D eigenvalue weighted by Gasteiger charge is -2.39. The summed E-state index contributed by atoms with van der Waals surface area (Å²) in [6.45, 7) is 5.23. The van der Waals surface area contributed by atoms with Gasteiger partial charge in [-0.3, -0.25) is 14.5 Å². The summed E-state index contributed by atoms with van der Waals surface area (Å²) in [4.78, 5) is 36.3. The molecular formula is C24H32FN5O2. The van der Waals surface area contributed by atoms with Crippen LogP contribution in [0.3, 0.4) is 0 Å². The van der Waals surface area contributed by atoms with E-state index >= 15 is 0 Å². The lowest BCUT2D eigenvalue weighted by atomic mass is 10.0. The molecule has 2 fully saturated rings. The Morgan fingerprint density at radius 1 is 1.19 bits per heavy atom. The minimum Gasteiger partial charge on any atom is -0.368 e. The smallest absolute Gasteiger partial charge is 0.269 e. The maximum Gasteiger partial charge on any atom is 0.269 e. The standard InChI is InChI=1S/C24H32FN5O2/c1-2-17-4-7-21(28-23(17)31)18-3-5-19(15-18)29-11-13-30(14-12-29)20-6-8-22(27-16-20)24(32)26-10-9-25/h4,6-8,16,18-19H,2-3,5,9-15H2,1H3,(H,26,32)(H,28,31)/t18-,19+/m1/s1. The lowest BCUT2D eigenvalue weighted by molar-refractivity contribution is 0.0946. The number of anilines is 1. The van der Waals surface area contributed by atoms with Gasteiger partial charge in [-0.05, 0) is 43.9 Å². The van der Waals surface area contributed by atoms with Crippen molar-refractivity contribution in [1.82, 2.24) is 20.2 Å². The number of carbonyl (C=O) groups is 1. The molecule has 1 aliphatic carbocycles. The van der Waals surface area contributed by atoms with Crippen LogP contribution in [-0.4, -0.2) is 66.2 Å². The number of pyridine rings is 2. The Morgan fingerprint density at radius 2 is 2.00 bits per heavy atom. The monoisotopic (exact) mass is 441 g/mol. The van der Waals surface area contributed by atoms with Crippen LogP contribution in [-0.2, 0) is 6.42 Å². The molecule has 2 N–H and O–H groups in total. The van der Waals surface area contributed by atoms with Crippen molar-refractivity contribution < 1.29 is 9.18 Å². The summed E-state index contributed by atoms with van der Waals surface area (Å²) in [5.74, 6) is 0.0809. The Kier molecular flexibility index (Phi) is 7.19. The molecule has 3 heterocycles. The van der Waals surface area contributed by atoms with Gasteiger partial charge in [0.05, 0.1) is 11.9 Å². The Bertz CT molecular complexity index is 969. The lowest BCUT2D eigenvalue weighted by Crippen LogP contribution is -2.49. The third-order valence-electron chi connectivity index (χ3n) is 6.80. The van der Waals surface area contributed by atoms with Gasteiger partial charge < -0.3 is 15.2 Å². The van der Waals surface area contributed by atoms with Gasteiger partial charge in [-0.25, -0.2) is 9.37 Å². The Morgan fingerprint density at radius 3 is 2.66 bits per heavy atom. The Hall–Kier alpha value is -2.74. The molecule has 0 aromatic carbocycles. The molecule has 4 rings (SSSR count). The van der Waals surface area contributed by atoms with Crippen molar-refractivity contribution in [2.24, 2.45) is 0 Å². The summed E-state index contributed by atoms with van der Waals surface area (Å²) in [5, 5.41) is 2.49. The van der Waals surface area contributed by atoms with E-state index in [1.807, 2.05) is 19.1 Å². The number of nitrogens with zero attached hydrogens (tertiary/aromatic N) is 3. The molecule has 2 aromatic rings. The second-order valence-electron chi connectivity index (χ2n) is 8.65. The highest BCUT2D eigenvalue weighted by Crippen LogP contribution is 2.36. The van der Waals surface area contributed by atoms with Crippen LogP contribution in [0.15, 0.2) is 35.3 Å². The molecule has 2 atom stereocenters. The number of nitrogens with one attached hydrogen (secondary N) is 2. The molecule has 0 radical (unpaired) electrons. The average Bonchev–Trinajstić information content (AvgIpc) is 3.33. The highest BCUT2D eigenvalue weighted by atomic mass is 19.1. The summed E-state index contributed by atoms with van der Waals surface area (Å²) < 4.78 is 12.2. The van der Waals surface area contributed by atoms with Crippen LogP contribution in [0.4, 0.5) is 10.1 Å². The number of amides is 1. The van der Waals surface area contributed by atoms with Crippen LogP contribution >= 0.6 is 0 Å². The SMILES string of the molecule is CCc1ccc([C@@H]2CC[C@H](N3CCN(c4ccc(C(=O)NCCF)nc4)CC3)C2)[nH]c1=O. The predicted octanol–water partition coefficient (Wildman–Crippen LogP) is 2.49. The molecule has 32 heavy (non-hydrogen) atoms. The van der Waals surface area contributed by atoms with Crippen LogP contribution in [0.1, 0.15) is 53.8 Å². The second kappa shape index (κ2) is 10.3. The molecule has 8 heteroatoms. The van der Waals surface area contributed by atoms with E-state index in [9.17, 15) is 14.0 Å².